The number of benzene rings is 3. The fourth-order valence-electron chi connectivity index (χ4n) is 3.30. The molecule has 1 amide bonds. The van der Waals surface area contributed by atoms with Gasteiger partial charge in [-0.2, -0.15) is 0 Å². The Kier molecular flexibility index (Phi) is 5.02. The summed E-state index contributed by atoms with van der Waals surface area (Å²) in [4.78, 5) is 17.5. The molecule has 4 heteroatoms. The van der Waals surface area contributed by atoms with Gasteiger partial charge in [0.15, 0.2) is 0 Å². The van der Waals surface area contributed by atoms with Gasteiger partial charge in [-0.15, -0.1) is 0 Å². The Hall–Kier alpha value is -3.66. The third kappa shape index (κ3) is 3.58. The lowest BCUT2D eigenvalue weighted by molar-refractivity contribution is 0.0940. The monoisotopic (exact) mass is 368 g/mol. The van der Waals surface area contributed by atoms with Crippen molar-refractivity contribution in [3.8, 4) is 5.75 Å². The fourth-order valence-corrected chi connectivity index (χ4v) is 3.30. The van der Waals surface area contributed by atoms with Gasteiger partial charge < -0.3 is 10.1 Å². The number of ether oxygens (including phenoxy) is 1. The number of pyridine rings is 1. The first-order chi connectivity index (χ1) is 13.8. The molecule has 1 heterocycles. The summed E-state index contributed by atoms with van der Waals surface area (Å²) in [6, 6.07) is 27.0. The zero-order valence-electron chi connectivity index (χ0n) is 15.5. The number of hydrogen-bond donors (Lipinski definition) is 1. The Morgan fingerprint density at radius 3 is 2.29 bits per heavy atom. The van der Waals surface area contributed by atoms with Gasteiger partial charge in [0.25, 0.3) is 5.91 Å². The lowest BCUT2D eigenvalue weighted by atomic mass is 9.98. The highest BCUT2D eigenvalue weighted by molar-refractivity contribution is 6.05. The maximum Gasteiger partial charge on any atom is 0.271 e. The van der Waals surface area contributed by atoms with Crippen molar-refractivity contribution in [2.24, 2.45) is 0 Å². The van der Waals surface area contributed by atoms with Crippen LogP contribution in [0.4, 0.5) is 0 Å². The molecule has 1 N–H and O–H groups in total. The van der Waals surface area contributed by atoms with E-state index in [4.69, 9.17) is 4.74 Å². The number of amides is 1. The van der Waals surface area contributed by atoms with Gasteiger partial charge in [-0.25, -0.2) is 0 Å². The number of nitrogens with one attached hydrogen (secondary N) is 1. The first-order valence-electron chi connectivity index (χ1n) is 9.10. The molecular formula is C24H20N2O2. The normalized spacial score (nSPS) is 11.8. The van der Waals surface area contributed by atoms with Gasteiger partial charge in [-0.05, 0) is 34.7 Å². The highest BCUT2D eigenvalue weighted by atomic mass is 16.5. The van der Waals surface area contributed by atoms with Crippen molar-refractivity contribution in [2.75, 3.05) is 7.11 Å². The Balaban J connectivity index is 1.71. The Morgan fingerprint density at radius 1 is 0.857 bits per heavy atom. The molecule has 0 unspecified atom stereocenters. The summed E-state index contributed by atoms with van der Waals surface area (Å²) >= 11 is 0. The van der Waals surface area contributed by atoms with Crippen LogP contribution in [0, 0.1) is 0 Å². The van der Waals surface area contributed by atoms with E-state index in [0.29, 0.717) is 5.69 Å². The molecule has 4 rings (SSSR count). The molecule has 0 saturated carbocycles. The highest BCUT2D eigenvalue weighted by Crippen LogP contribution is 2.25. The average Bonchev–Trinajstić information content (AvgIpc) is 2.77. The number of carbonyl (C=O) groups excluding carboxylic acids is 1. The van der Waals surface area contributed by atoms with Crippen molar-refractivity contribution in [3.63, 3.8) is 0 Å². The minimum Gasteiger partial charge on any atom is -0.497 e. The number of fused-ring (bicyclic) bond motifs is 1. The van der Waals surface area contributed by atoms with E-state index in [9.17, 15) is 4.79 Å². The predicted molar refractivity (Wildman–Crippen MR) is 110 cm³/mol. The van der Waals surface area contributed by atoms with Gasteiger partial charge in [-0.3, -0.25) is 9.78 Å². The lowest BCUT2D eigenvalue weighted by Crippen LogP contribution is -2.30. The first-order valence-corrected chi connectivity index (χ1v) is 9.10. The summed E-state index contributed by atoms with van der Waals surface area (Å²) in [6.45, 7) is 0. The van der Waals surface area contributed by atoms with Gasteiger partial charge in [0, 0.05) is 11.6 Å². The zero-order chi connectivity index (χ0) is 19.3. The smallest absolute Gasteiger partial charge is 0.271 e. The summed E-state index contributed by atoms with van der Waals surface area (Å²) in [7, 11) is 1.64. The van der Waals surface area contributed by atoms with E-state index in [-0.39, 0.29) is 11.9 Å². The van der Waals surface area contributed by atoms with Crippen LogP contribution in [0.2, 0.25) is 0 Å². The van der Waals surface area contributed by atoms with E-state index in [0.717, 1.165) is 27.6 Å². The van der Waals surface area contributed by atoms with E-state index in [1.807, 2.05) is 84.9 Å². The van der Waals surface area contributed by atoms with E-state index in [2.05, 4.69) is 10.3 Å². The maximum atomic E-state index is 13.1. The number of rotatable bonds is 5. The second-order valence-electron chi connectivity index (χ2n) is 6.47. The van der Waals surface area contributed by atoms with Crippen molar-refractivity contribution in [3.05, 3.63) is 108 Å². The van der Waals surface area contributed by atoms with Crippen molar-refractivity contribution >= 4 is 16.7 Å². The SMILES string of the molecule is COc1ccc([C@H](NC(=O)c2nccc3ccccc23)c2ccccc2)cc1. The molecule has 0 spiro atoms. The molecule has 0 aliphatic rings. The molecule has 4 aromatic rings. The molecule has 138 valence electrons. The Morgan fingerprint density at radius 2 is 1.54 bits per heavy atom. The van der Waals surface area contributed by atoms with Crippen LogP contribution in [-0.4, -0.2) is 18.0 Å². The van der Waals surface area contributed by atoms with Gasteiger partial charge in [0.2, 0.25) is 0 Å². The number of aromatic nitrogens is 1. The van der Waals surface area contributed by atoms with Crippen molar-refractivity contribution < 1.29 is 9.53 Å². The minimum atomic E-state index is -0.291. The summed E-state index contributed by atoms with van der Waals surface area (Å²) in [6.07, 6.45) is 1.67. The van der Waals surface area contributed by atoms with Gasteiger partial charge >= 0.3 is 0 Å². The average molecular weight is 368 g/mol. The number of methoxy groups -OCH3 is 1. The lowest BCUT2D eigenvalue weighted by Gasteiger charge is -2.20. The summed E-state index contributed by atoms with van der Waals surface area (Å²) in [5, 5.41) is 4.98. The molecule has 0 fully saturated rings. The van der Waals surface area contributed by atoms with Crippen LogP contribution >= 0.6 is 0 Å². The number of carbonyl (C=O) groups is 1. The summed E-state index contributed by atoms with van der Waals surface area (Å²) < 4.78 is 5.26. The van der Waals surface area contributed by atoms with Crippen LogP contribution in [0.5, 0.6) is 5.75 Å². The second-order valence-corrected chi connectivity index (χ2v) is 6.47. The van der Waals surface area contributed by atoms with Crippen LogP contribution in [-0.2, 0) is 0 Å². The van der Waals surface area contributed by atoms with Crippen LogP contribution in [0.15, 0.2) is 91.1 Å². The van der Waals surface area contributed by atoms with Gasteiger partial charge in [-0.1, -0.05) is 66.7 Å². The van der Waals surface area contributed by atoms with Crippen molar-refractivity contribution in [2.45, 2.75) is 6.04 Å². The highest BCUT2D eigenvalue weighted by Gasteiger charge is 2.20. The van der Waals surface area contributed by atoms with Crippen LogP contribution < -0.4 is 10.1 Å². The van der Waals surface area contributed by atoms with E-state index in [1.54, 1.807) is 13.3 Å². The first kappa shape index (κ1) is 17.7. The molecule has 0 saturated heterocycles. The van der Waals surface area contributed by atoms with Gasteiger partial charge in [0.05, 0.1) is 13.2 Å². The molecule has 0 radical (unpaired) electrons. The molecule has 1 atom stereocenters. The van der Waals surface area contributed by atoms with Crippen LogP contribution in [0.1, 0.15) is 27.7 Å². The predicted octanol–water partition coefficient (Wildman–Crippen LogP) is 4.76. The topological polar surface area (TPSA) is 51.2 Å². The third-order valence-corrected chi connectivity index (χ3v) is 4.75. The van der Waals surface area contributed by atoms with Crippen molar-refractivity contribution in [1.29, 1.82) is 0 Å². The zero-order valence-corrected chi connectivity index (χ0v) is 15.5. The fraction of sp³-hybridized carbons (Fsp3) is 0.0833. The van der Waals surface area contributed by atoms with Crippen molar-refractivity contribution in [1.82, 2.24) is 10.3 Å². The summed E-state index contributed by atoms with van der Waals surface area (Å²) in [5.74, 6) is 0.569. The molecule has 3 aromatic carbocycles. The number of hydrogen-bond acceptors (Lipinski definition) is 3. The molecular weight excluding hydrogens is 348 g/mol. The summed E-state index contributed by atoms with van der Waals surface area (Å²) in [5.41, 5.74) is 2.40. The quantitative estimate of drug-likeness (QED) is 0.552. The Labute approximate surface area is 163 Å². The van der Waals surface area contributed by atoms with E-state index in [1.165, 1.54) is 0 Å². The Bertz CT molecular complexity index is 1090. The van der Waals surface area contributed by atoms with Crippen LogP contribution in [0.25, 0.3) is 10.8 Å². The molecule has 4 nitrogen and oxygen atoms in total. The minimum absolute atomic E-state index is 0.207. The molecule has 0 bridgehead atoms. The van der Waals surface area contributed by atoms with Gasteiger partial charge in [0.1, 0.15) is 11.4 Å². The van der Waals surface area contributed by atoms with E-state index >= 15 is 0 Å². The van der Waals surface area contributed by atoms with E-state index < -0.39 is 0 Å². The second kappa shape index (κ2) is 7.92. The molecule has 0 aliphatic carbocycles. The number of nitrogens with zero attached hydrogens (tertiary/aromatic N) is 1. The third-order valence-electron chi connectivity index (χ3n) is 4.75. The largest absolute Gasteiger partial charge is 0.497 e. The standard InChI is InChI=1S/C24H20N2O2/c1-28-20-13-11-19(12-14-20)22(18-8-3-2-4-9-18)26-24(27)23-21-10-6-5-7-17(21)15-16-25-23/h2-16,22H,1H3,(H,26,27)/t22-/m1/s1. The molecule has 0 aliphatic heterocycles. The maximum absolute atomic E-state index is 13.1. The molecule has 1 aromatic heterocycles. The molecule has 28 heavy (non-hydrogen) atoms. The van der Waals surface area contributed by atoms with Crippen LogP contribution in [0.3, 0.4) is 0 Å².